The second-order valence-electron chi connectivity index (χ2n) is 12.7. The minimum atomic E-state index is -0.538. The molecule has 1 amide bonds. The quantitative estimate of drug-likeness (QED) is 0.281. The number of fused-ring (bicyclic) bond motifs is 2. The normalized spacial score (nSPS) is 19.0. The molecule has 47 heavy (non-hydrogen) atoms. The van der Waals surface area contributed by atoms with Crippen molar-refractivity contribution in [2.75, 3.05) is 48.5 Å². The van der Waals surface area contributed by atoms with Crippen molar-refractivity contribution in [2.45, 2.75) is 37.8 Å². The van der Waals surface area contributed by atoms with Crippen molar-refractivity contribution in [3.63, 3.8) is 0 Å². The lowest BCUT2D eigenvalue weighted by molar-refractivity contribution is 0.0998. The molecule has 8 rings (SSSR count). The fourth-order valence-corrected chi connectivity index (χ4v) is 7.33. The number of methoxy groups -OCH3 is 3. The van der Waals surface area contributed by atoms with Gasteiger partial charge in [-0.05, 0) is 110 Å². The zero-order valence-electron chi connectivity index (χ0n) is 27.6. The van der Waals surface area contributed by atoms with Crippen LogP contribution in [0.5, 0.6) is 40.2 Å². The number of benzene rings is 4. The number of hydrogen-bond donors (Lipinski definition) is 1. The Morgan fingerprint density at radius 2 is 1.40 bits per heavy atom. The maximum Gasteiger partial charge on any atom is 0.252 e. The van der Waals surface area contributed by atoms with Crippen LogP contribution in [0.15, 0.2) is 60.7 Å². The molecule has 0 saturated heterocycles. The van der Waals surface area contributed by atoms with Crippen molar-refractivity contribution in [1.82, 2.24) is 9.80 Å². The summed E-state index contributed by atoms with van der Waals surface area (Å²) in [6.07, 6.45) is 3.15. The third kappa shape index (κ3) is 5.64. The minimum Gasteiger partial charge on any atom is -0.493 e. The molecule has 244 valence electrons. The monoisotopic (exact) mass is 635 g/mol. The number of carbonyl (C=O) groups is 1. The molecule has 0 aromatic heterocycles. The summed E-state index contributed by atoms with van der Waals surface area (Å²) in [5, 5.41) is 0. The Labute approximate surface area is 275 Å². The first-order valence-corrected chi connectivity index (χ1v) is 16.0. The van der Waals surface area contributed by atoms with Crippen LogP contribution in [-0.2, 0) is 25.7 Å². The maximum absolute atomic E-state index is 12.5. The first-order chi connectivity index (χ1) is 22.8. The smallest absolute Gasteiger partial charge is 0.252 e. The summed E-state index contributed by atoms with van der Waals surface area (Å²) in [5.74, 6) is 3.60. The van der Waals surface area contributed by atoms with Crippen LogP contribution in [0.4, 0.5) is 0 Å². The van der Waals surface area contributed by atoms with Gasteiger partial charge < -0.3 is 29.4 Å². The molecule has 2 atom stereocenters. The van der Waals surface area contributed by atoms with Gasteiger partial charge in [0.05, 0.1) is 26.9 Å². The summed E-state index contributed by atoms with van der Waals surface area (Å²) < 4.78 is 31.2. The predicted molar refractivity (Wildman–Crippen MR) is 180 cm³/mol. The molecule has 4 aliphatic rings. The molecular formula is C38H41N3O6. The molecule has 4 aromatic rings. The topological polar surface area (TPSA) is 95.7 Å². The Hall–Kier alpha value is -4.73. The second kappa shape index (κ2) is 12.5. The van der Waals surface area contributed by atoms with Gasteiger partial charge in [-0.15, -0.1) is 0 Å². The van der Waals surface area contributed by atoms with Crippen molar-refractivity contribution >= 4 is 5.91 Å². The molecule has 4 aromatic carbocycles. The van der Waals surface area contributed by atoms with Crippen LogP contribution in [-0.4, -0.2) is 64.2 Å². The number of primary amides is 1. The molecule has 0 aliphatic carbocycles. The van der Waals surface area contributed by atoms with E-state index in [4.69, 9.17) is 29.4 Å². The molecule has 9 nitrogen and oxygen atoms in total. The van der Waals surface area contributed by atoms with E-state index in [1.165, 1.54) is 16.7 Å². The summed E-state index contributed by atoms with van der Waals surface area (Å²) in [6.45, 7) is 1.78. The molecule has 0 saturated carbocycles. The Morgan fingerprint density at radius 1 is 0.745 bits per heavy atom. The Morgan fingerprint density at radius 3 is 2.11 bits per heavy atom. The molecule has 4 aliphatic heterocycles. The zero-order valence-corrected chi connectivity index (χ0v) is 27.6. The van der Waals surface area contributed by atoms with Crippen LogP contribution in [0.2, 0.25) is 0 Å². The third-order valence-corrected chi connectivity index (χ3v) is 9.93. The number of nitrogens with two attached hydrogens (primary N) is 1. The van der Waals surface area contributed by atoms with Gasteiger partial charge in [0.2, 0.25) is 5.75 Å². The van der Waals surface area contributed by atoms with Gasteiger partial charge in [-0.3, -0.25) is 14.6 Å². The average Bonchev–Trinajstić information content (AvgIpc) is 3.07. The summed E-state index contributed by atoms with van der Waals surface area (Å²) in [6, 6.07) is 20.1. The molecule has 0 radical (unpaired) electrons. The van der Waals surface area contributed by atoms with Crippen LogP contribution >= 0.6 is 0 Å². The van der Waals surface area contributed by atoms with Crippen LogP contribution in [0, 0.1) is 0 Å². The first kappa shape index (κ1) is 30.9. The van der Waals surface area contributed by atoms with Gasteiger partial charge in [-0.25, -0.2) is 0 Å². The van der Waals surface area contributed by atoms with Gasteiger partial charge >= 0.3 is 0 Å². The van der Waals surface area contributed by atoms with E-state index in [0.717, 1.165) is 49.0 Å². The average molecular weight is 636 g/mol. The highest BCUT2D eigenvalue weighted by molar-refractivity contribution is 5.95. The molecule has 6 bridgehead atoms. The third-order valence-electron chi connectivity index (χ3n) is 9.93. The Bertz CT molecular complexity index is 1840. The van der Waals surface area contributed by atoms with E-state index >= 15 is 0 Å². The Kier molecular flexibility index (Phi) is 8.20. The number of ether oxygens (including phenoxy) is 5. The first-order valence-electron chi connectivity index (χ1n) is 16.0. The fraction of sp³-hybridized carbons (Fsp3) is 0.342. The fourth-order valence-electron chi connectivity index (χ4n) is 7.33. The van der Waals surface area contributed by atoms with Gasteiger partial charge in [-0.2, -0.15) is 0 Å². The number of hydrogen-bond acceptors (Lipinski definition) is 8. The van der Waals surface area contributed by atoms with Crippen molar-refractivity contribution in [2.24, 2.45) is 5.73 Å². The highest BCUT2D eigenvalue weighted by Crippen LogP contribution is 2.51. The molecule has 2 N–H and O–H groups in total. The van der Waals surface area contributed by atoms with E-state index in [1.807, 2.05) is 24.3 Å². The second-order valence-corrected chi connectivity index (χ2v) is 12.7. The van der Waals surface area contributed by atoms with Crippen LogP contribution < -0.4 is 29.4 Å². The summed E-state index contributed by atoms with van der Waals surface area (Å²) in [4.78, 5) is 17.2. The molecule has 9 heteroatoms. The lowest BCUT2D eigenvalue weighted by Crippen LogP contribution is -2.34. The summed E-state index contributed by atoms with van der Waals surface area (Å²) >= 11 is 0. The van der Waals surface area contributed by atoms with Crippen LogP contribution in [0.1, 0.15) is 55.8 Å². The maximum atomic E-state index is 12.5. The SMILES string of the molecule is COc1cc2c3cc1Oc1c(OC)c(OC)cc4c1[C@@H](Cc1ccc(C(N)=O)c(c1)Oc1ccc(cc1)C[C@@H]3N(C)CC2)N(C)CC4. The van der Waals surface area contributed by atoms with Gasteiger partial charge in [0.1, 0.15) is 11.5 Å². The lowest BCUT2D eigenvalue weighted by atomic mass is 9.87. The van der Waals surface area contributed by atoms with Crippen molar-refractivity contribution in [1.29, 1.82) is 0 Å². The van der Waals surface area contributed by atoms with E-state index in [-0.39, 0.29) is 12.1 Å². The van der Waals surface area contributed by atoms with E-state index in [9.17, 15) is 4.79 Å². The number of likely N-dealkylation sites (N-methyl/N-ethyl adjacent to an activating group) is 2. The largest absolute Gasteiger partial charge is 0.493 e. The van der Waals surface area contributed by atoms with Gasteiger partial charge in [0, 0.05) is 30.7 Å². The van der Waals surface area contributed by atoms with E-state index in [2.05, 4.69) is 54.2 Å². The van der Waals surface area contributed by atoms with Gasteiger partial charge in [-0.1, -0.05) is 18.2 Å². The number of carbonyl (C=O) groups excluding carboxylic acids is 1. The van der Waals surface area contributed by atoms with Crippen molar-refractivity contribution in [3.8, 4) is 40.2 Å². The minimum absolute atomic E-state index is 0.0819. The summed E-state index contributed by atoms with van der Waals surface area (Å²) in [7, 11) is 9.27. The van der Waals surface area contributed by atoms with Crippen molar-refractivity contribution < 1.29 is 28.5 Å². The molecule has 0 unspecified atom stereocenters. The van der Waals surface area contributed by atoms with Crippen LogP contribution in [0.25, 0.3) is 0 Å². The van der Waals surface area contributed by atoms with Gasteiger partial charge in [0.25, 0.3) is 5.91 Å². The number of rotatable bonds is 4. The number of nitrogens with zero attached hydrogens (tertiary/aromatic N) is 2. The lowest BCUT2D eigenvalue weighted by Gasteiger charge is -2.37. The van der Waals surface area contributed by atoms with Gasteiger partial charge in [0.15, 0.2) is 23.0 Å². The van der Waals surface area contributed by atoms with E-state index in [1.54, 1.807) is 27.4 Å². The molecule has 0 spiro atoms. The molecular weight excluding hydrogens is 594 g/mol. The highest BCUT2D eigenvalue weighted by Gasteiger charge is 2.34. The zero-order chi connectivity index (χ0) is 32.8. The molecule has 4 heterocycles. The van der Waals surface area contributed by atoms with E-state index in [0.29, 0.717) is 52.2 Å². The summed E-state index contributed by atoms with van der Waals surface area (Å²) in [5.41, 5.74) is 12.9. The van der Waals surface area contributed by atoms with Crippen LogP contribution in [0.3, 0.4) is 0 Å². The number of amides is 1. The van der Waals surface area contributed by atoms with E-state index < -0.39 is 5.91 Å². The predicted octanol–water partition coefficient (Wildman–Crippen LogP) is 6.25. The Balaban J connectivity index is 1.47. The highest BCUT2D eigenvalue weighted by atomic mass is 16.5. The molecule has 0 fully saturated rings. The standard InChI is InChI=1S/C38H41N3O6/c1-40-14-12-24-19-32(43-3)33-21-28(24)29(40)16-22-6-9-26(10-7-22)46-31-18-23(8-11-27(31)38(39)42)17-30-35-25(13-15-41(30)2)20-34(44-4)36(45-5)37(35)47-33/h6-11,18-21,29-30H,12-17H2,1-5H3,(H2,39,42)/t29-,30+/m0/s1. The van der Waals surface area contributed by atoms with Crippen molar-refractivity contribution in [3.05, 3.63) is 99.6 Å².